The summed E-state index contributed by atoms with van der Waals surface area (Å²) >= 11 is 0. The van der Waals surface area contributed by atoms with Gasteiger partial charge in [-0.15, -0.1) is 0 Å². The standard InChI is InChI=1S/C12H14FNO/c1-8-6-12(13)14-7-11(8)9-2-4-10(15)5-3-9/h6-7,9H,2-5H2,1H3. The lowest BCUT2D eigenvalue weighted by Crippen LogP contribution is -2.13. The minimum Gasteiger partial charge on any atom is -0.300 e. The van der Waals surface area contributed by atoms with Gasteiger partial charge in [-0.3, -0.25) is 4.79 Å². The van der Waals surface area contributed by atoms with E-state index in [2.05, 4.69) is 4.98 Å². The highest BCUT2D eigenvalue weighted by Gasteiger charge is 2.21. The number of ketones is 1. The van der Waals surface area contributed by atoms with Gasteiger partial charge in [0.2, 0.25) is 5.95 Å². The molecule has 1 aliphatic rings. The summed E-state index contributed by atoms with van der Waals surface area (Å²) < 4.78 is 12.8. The molecule has 1 aliphatic carbocycles. The number of hydrogen-bond acceptors (Lipinski definition) is 2. The van der Waals surface area contributed by atoms with Crippen molar-refractivity contribution in [2.45, 2.75) is 38.5 Å². The molecule has 2 rings (SSSR count). The normalized spacial score (nSPS) is 18.1. The monoisotopic (exact) mass is 207 g/mol. The van der Waals surface area contributed by atoms with Gasteiger partial charge in [0.15, 0.2) is 0 Å². The van der Waals surface area contributed by atoms with Crippen molar-refractivity contribution < 1.29 is 9.18 Å². The summed E-state index contributed by atoms with van der Waals surface area (Å²) in [6.07, 6.45) is 4.69. The van der Waals surface area contributed by atoms with Crippen molar-refractivity contribution in [3.63, 3.8) is 0 Å². The lowest BCUT2D eigenvalue weighted by atomic mass is 9.82. The van der Waals surface area contributed by atoms with Crippen LogP contribution in [0.1, 0.15) is 42.7 Å². The lowest BCUT2D eigenvalue weighted by Gasteiger charge is -2.22. The molecule has 0 bridgehead atoms. The summed E-state index contributed by atoms with van der Waals surface area (Å²) in [6, 6.07) is 1.46. The summed E-state index contributed by atoms with van der Waals surface area (Å²) in [7, 11) is 0. The fraction of sp³-hybridized carbons (Fsp3) is 0.500. The predicted octanol–water partition coefficient (Wildman–Crippen LogP) is 2.76. The second-order valence-electron chi connectivity index (χ2n) is 4.18. The minimum absolute atomic E-state index is 0.346. The molecular formula is C12H14FNO. The first-order chi connectivity index (χ1) is 7.16. The third-order valence-electron chi connectivity index (χ3n) is 3.10. The van der Waals surface area contributed by atoms with Crippen molar-refractivity contribution in [2.75, 3.05) is 0 Å². The van der Waals surface area contributed by atoms with Crippen LogP contribution >= 0.6 is 0 Å². The molecule has 1 saturated carbocycles. The Balaban J connectivity index is 2.19. The zero-order valence-electron chi connectivity index (χ0n) is 8.79. The van der Waals surface area contributed by atoms with Crippen LogP contribution < -0.4 is 0 Å². The SMILES string of the molecule is Cc1cc(F)ncc1C1CCC(=O)CC1. The van der Waals surface area contributed by atoms with E-state index in [4.69, 9.17) is 0 Å². The molecule has 0 spiro atoms. The van der Waals surface area contributed by atoms with Crippen molar-refractivity contribution in [3.8, 4) is 0 Å². The van der Waals surface area contributed by atoms with Crippen molar-refractivity contribution >= 4 is 5.78 Å². The first kappa shape index (κ1) is 10.3. The second kappa shape index (κ2) is 4.09. The maximum Gasteiger partial charge on any atom is 0.213 e. The molecule has 3 heteroatoms. The summed E-state index contributed by atoms with van der Waals surface area (Å²) in [5.74, 6) is 0.304. The highest BCUT2D eigenvalue weighted by molar-refractivity contribution is 5.79. The third kappa shape index (κ3) is 2.22. The number of aromatic nitrogens is 1. The Labute approximate surface area is 88.5 Å². The number of Topliss-reactive ketones (excluding diaryl/α,β-unsaturated/α-hetero) is 1. The summed E-state index contributed by atoms with van der Waals surface area (Å²) in [5, 5.41) is 0. The van der Waals surface area contributed by atoms with Gasteiger partial charge in [-0.1, -0.05) is 0 Å². The smallest absolute Gasteiger partial charge is 0.213 e. The van der Waals surface area contributed by atoms with Gasteiger partial charge < -0.3 is 0 Å². The summed E-state index contributed by atoms with van der Waals surface area (Å²) in [6.45, 7) is 1.90. The molecule has 15 heavy (non-hydrogen) atoms. The molecule has 0 amide bonds. The van der Waals surface area contributed by atoms with Crippen LogP contribution in [-0.4, -0.2) is 10.8 Å². The van der Waals surface area contributed by atoms with Crippen LogP contribution in [0.15, 0.2) is 12.3 Å². The molecule has 80 valence electrons. The zero-order valence-corrected chi connectivity index (χ0v) is 8.79. The van der Waals surface area contributed by atoms with E-state index in [9.17, 15) is 9.18 Å². The van der Waals surface area contributed by atoms with Gasteiger partial charge in [-0.05, 0) is 42.9 Å². The molecule has 1 fully saturated rings. The molecule has 1 heterocycles. The fourth-order valence-corrected chi connectivity index (χ4v) is 2.21. The highest BCUT2D eigenvalue weighted by atomic mass is 19.1. The van der Waals surface area contributed by atoms with Crippen molar-refractivity contribution in [1.82, 2.24) is 4.98 Å². The number of halogens is 1. The molecule has 2 nitrogen and oxygen atoms in total. The van der Waals surface area contributed by atoms with Gasteiger partial charge in [0.05, 0.1) is 0 Å². The fourth-order valence-electron chi connectivity index (χ4n) is 2.21. The quantitative estimate of drug-likeness (QED) is 0.663. The van der Waals surface area contributed by atoms with E-state index >= 15 is 0 Å². The van der Waals surface area contributed by atoms with Crippen molar-refractivity contribution in [1.29, 1.82) is 0 Å². The Bertz CT molecular complexity index is 379. The minimum atomic E-state index is -0.428. The van der Waals surface area contributed by atoms with Crippen LogP contribution in [-0.2, 0) is 4.79 Å². The lowest BCUT2D eigenvalue weighted by molar-refractivity contribution is -0.120. The molecule has 0 unspecified atom stereocenters. The van der Waals surface area contributed by atoms with Crippen LogP contribution in [0.2, 0.25) is 0 Å². The van der Waals surface area contributed by atoms with E-state index in [0.717, 1.165) is 24.0 Å². The van der Waals surface area contributed by atoms with Crippen LogP contribution in [0.25, 0.3) is 0 Å². The highest BCUT2D eigenvalue weighted by Crippen LogP contribution is 2.32. The molecule has 0 aliphatic heterocycles. The van der Waals surface area contributed by atoms with E-state index in [1.54, 1.807) is 6.20 Å². The van der Waals surface area contributed by atoms with Crippen LogP contribution in [0.5, 0.6) is 0 Å². The topological polar surface area (TPSA) is 30.0 Å². The average molecular weight is 207 g/mol. The number of carbonyl (C=O) groups excluding carboxylic acids is 1. The Morgan fingerprint density at radius 2 is 2.07 bits per heavy atom. The molecule has 0 radical (unpaired) electrons. The van der Waals surface area contributed by atoms with E-state index in [1.807, 2.05) is 6.92 Å². The zero-order chi connectivity index (χ0) is 10.8. The number of rotatable bonds is 1. The second-order valence-corrected chi connectivity index (χ2v) is 4.18. The predicted molar refractivity (Wildman–Crippen MR) is 55.1 cm³/mol. The third-order valence-corrected chi connectivity index (χ3v) is 3.10. The molecular weight excluding hydrogens is 193 g/mol. The summed E-state index contributed by atoms with van der Waals surface area (Å²) in [5.41, 5.74) is 2.05. The number of pyridine rings is 1. The Hall–Kier alpha value is -1.25. The van der Waals surface area contributed by atoms with Crippen molar-refractivity contribution in [3.05, 3.63) is 29.3 Å². The van der Waals surface area contributed by atoms with Gasteiger partial charge in [0.25, 0.3) is 0 Å². The Morgan fingerprint density at radius 3 is 2.67 bits per heavy atom. The van der Waals surface area contributed by atoms with Gasteiger partial charge in [-0.25, -0.2) is 4.98 Å². The van der Waals surface area contributed by atoms with Gasteiger partial charge in [0.1, 0.15) is 5.78 Å². The van der Waals surface area contributed by atoms with Crippen LogP contribution in [0.3, 0.4) is 0 Å². The first-order valence-corrected chi connectivity index (χ1v) is 5.30. The largest absolute Gasteiger partial charge is 0.300 e. The number of hydrogen-bond donors (Lipinski definition) is 0. The van der Waals surface area contributed by atoms with Crippen molar-refractivity contribution in [2.24, 2.45) is 0 Å². The van der Waals surface area contributed by atoms with E-state index in [1.165, 1.54) is 6.07 Å². The Kier molecular flexibility index (Phi) is 2.80. The Morgan fingerprint density at radius 1 is 1.40 bits per heavy atom. The molecule has 1 aromatic rings. The molecule has 0 N–H and O–H groups in total. The number of nitrogens with zero attached hydrogens (tertiary/aromatic N) is 1. The van der Waals surface area contributed by atoms with Gasteiger partial charge in [0, 0.05) is 19.0 Å². The maximum absolute atomic E-state index is 12.8. The molecule has 0 saturated heterocycles. The van der Waals surface area contributed by atoms with Gasteiger partial charge >= 0.3 is 0 Å². The first-order valence-electron chi connectivity index (χ1n) is 5.30. The molecule has 1 aromatic heterocycles. The van der Waals surface area contributed by atoms with E-state index < -0.39 is 5.95 Å². The average Bonchev–Trinajstić information content (AvgIpc) is 2.20. The maximum atomic E-state index is 12.8. The summed E-state index contributed by atoms with van der Waals surface area (Å²) in [4.78, 5) is 14.8. The van der Waals surface area contributed by atoms with Gasteiger partial charge in [-0.2, -0.15) is 4.39 Å². The molecule has 0 atom stereocenters. The molecule has 0 aromatic carbocycles. The number of aryl methyl sites for hydroxylation is 1. The van der Waals surface area contributed by atoms with E-state index in [0.29, 0.717) is 24.5 Å². The van der Waals surface area contributed by atoms with E-state index in [-0.39, 0.29) is 0 Å². The van der Waals surface area contributed by atoms with Crippen LogP contribution in [0.4, 0.5) is 4.39 Å². The van der Waals surface area contributed by atoms with Crippen LogP contribution in [0, 0.1) is 12.9 Å². The number of carbonyl (C=O) groups is 1.